The molecule has 0 aliphatic heterocycles. The standard InChI is InChI=1S/C11H15BrO3/c1-4-9(13)7-5-10(14-2)11(15-3)6-8(7)12/h5-6,9,13H,4H2,1-3H3/t9-/m1/s1. The summed E-state index contributed by atoms with van der Waals surface area (Å²) in [5.41, 5.74) is 0.815. The van der Waals surface area contributed by atoms with Crippen LogP contribution in [0.3, 0.4) is 0 Å². The Bertz CT molecular complexity index is 339. The molecule has 1 atom stereocenters. The molecule has 0 fully saturated rings. The lowest BCUT2D eigenvalue weighted by Crippen LogP contribution is -1.99. The maximum atomic E-state index is 9.77. The van der Waals surface area contributed by atoms with Gasteiger partial charge in [0.05, 0.1) is 20.3 Å². The first kappa shape index (κ1) is 12.3. The van der Waals surface area contributed by atoms with E-state index in [0.29, 0.717) is 17.9 Å². The van der Waals surface area contributed by atoms with E-state index in [1.54, 1.807) is 26.4 Å². The zero-order valence-electron chi connectivity index (χ0n) is 9.08. The van der Waals surface area contributed by atoms with Crippen molar-refractivity contribution in [3.05, 3.63) is 22.2 Å². The first-order valence-corrected chi connectivity index (χ1v) is 5.52. The third-order valence-corrected chi connectivity index (χ3v) is 2.94. The van der Waals surface area contributed by atoms with Gasteiger partial charge in [0.15, 0.2) is 11.5 Å². The minimum absolute atomic E-state index is 0.487. The van der Waals surface area contributed by atoms with E-state index < -0.39 is 6.10 Å². The molecule has 0 bridgehead atoms. The molecule has 0 aromatic heterocycles. The van der Waals surface area contributed by atoms with Gasteiger partial charge >= 0.3 is 0 Å². The molecule has 0 radical (unpaired) electrons. The molecule has 1 N–H and O–H groups in total. The zero-order valence-corrected chi connectivity index (χ0v) is 10.7. The SMILES string of the molecule is CC[C@@H](O)c1cc(OC)c(OC)cc1Br. The Morgan fingerprint density at radius 1 is 1.27 bits per heavy atom. The quantitative estimate of drug-likeness (QED) is 0.918. The van der Waals surface area contributed by atoms with Gasteiger partial charge in [-0.1, -0.05) is 22.9 Å². The zero-order chi connectivity index (χ0) is 11.4. The number of halogens is 1. The third kappa shape index (κ3) is 2.63. The van der Waals surface area contributed by atoms with Crippen LogP contribution in [0.2, 0.25) is 0 Å². The second-order valence-corrected chi connectivity index (χ2v) is 4.01. The van der Waals surface area contributed by atoms with Gasteiger partial charge < -0.3 is 14.6 Å². The van der Waals surface area contributed by atoms with Crippen molar-refractivity contribution < 1.29 is 14.6 Å². The number of aliphatic hydroxyl groups excluding tert-OH is 1. The number of hydrogen-bond donors (Lipinski definition) is 1. The third-order valence-electron chi connectivity index (χ3n) is 2.25. The van der Waals surface area contributed by atoms with Gasteiger partial charge in [-0.2, -0.15) is 0 Å². The summed E-state index contributed by atoms with van der Waals surface area (Å²) in [6, 6.07) is 3.59. The average molecular weight is 275 g/mol. The van der Waals surface area contributed by atoms with Crippen LogP contribution in [0.15, 0.2) is 16.6 Å². The Balaban J connectivity index is 3.19. The van der Waals surface area contributed by atoms with Crippen LogP contribution < -0.4 is 9.47 Å². The lowest BCUT2D eigenvalue weighted by atomic mass is 10.1. The number of rotatable bonds is 4. The predicted molar refractivity (Wildman–Crippen MR) is 62.5 cm³/mol. The molecule has 1 rings (SSSR count). The molecule has 3 nitrogen and oxygen atoms in total. The Hall–Kier alpha value is -0.740. The highest BCUT2D eigenvalue weighted by Crippen LogP contribution is 2.36. The molecule has 0 saturated heterocycles. The molecule has 1 aromatic carbocycles. The minimum atomic E-state index is -0.487. The van der Waals surface area contributed by atoms with Crippen LogP contribution in [0.25, 0.3) is 0 Å². The van der Waals surface area contributed by atoms with Crippen LogP contribution in [0, 0.1) is 0 Å². The largest absolute Gasteiger partial charge is 0.493 e. The smallest absolute Gasteiger partial charge is 0.161 e. The maximum Gasteiger partial charge on any atom is 0.161 e. The van der Waals surface area contributed by atoms with Gasteiger partial charge in [0.1, 0.15) is 0 Å². The van der Waals surface area contributed by atoms with Gasteiger partial charge in [0.25, 0.3) is 0 Å². The average Bonchev–Trinajstić information content (AvgIpc) is 2.27. The van der Waals surface area contributed by atoms with Crippen molar-refractivity contribution in [3.63, 3.8) is 0 Å². The van der Waals surface area contributed by atoms with Gasteiger partial charge in [-0.3, -0.25) is 0 Å². The first-order chi connectivity index (χ1) is 7.13. The summed E-state index contributed by atoms with van der Waals surface area (Å²) in [4.78, 5) is 0. The molecule has 0 heterocycles. The van der Waals surface area contributed by atoms with E-state index >= 15 is 0 Å². The van der Waals surface area contributed by atoms with Gasteiger partial charge in [0.2, 0.25) is 0 Å². The van der Waals surface area contributed by atoms with E-state index in [9.17, 15) is 5.11 Å². The highest BCUT2D eigenvalue weighted by atomic mass is 79.9. The van der Waals surface area contributed by atoms with Crippen molar-refractivity contribution in [1.82, 2.24) is 0 Å². The molecule has 1 aromatic rings. The van der Waals surface area contributed by atoms with Gasteiger partial charge in [-0.05, 0) is 24.1 Å². The molecular weight excluding hydrogens is 260 g/mol. The first-order valence-electron chi connectivity index (χ1n) is 4.73. The lowest BCUT2D eigenvalue weighted by molar-refractivity contribution is 0.172. The van der Waals surface area contributed by atoms with Crippen LogP contribution in [-0.2, 0) is 0 Å². The molecule has 0 spiro atoms. The Morgan fingerprint density at radius 2 is 1.80 bits per heavy atom. The van der Waals surface area contributed by atoms with Crippen LogP contribution in [0.4, 0.5) is 0 Å². The molecule has 0 amide bonds. The number of ether oxygens (including phenoxy) is 2. The normalized spacial score (nSPS) is 12.3. The van der Waals surface area contributed by atoms with Crippen LogP contribution in [0.1, 0.15) is 25.0 Å². The van der Waals surface area contributed by atoms with Crippen molar-refractivity contribution >= 4 is 15.9 Å². The van der Waals surface area contributed by atoms with Crippen molar-refractivity contribution in [1.29, 1.82) is 0 Å². The Labute approximate surface area is 98.1 Å². The summed E-state index contributed by atoms with van der Waals surface area (Å²) in [6.07, 6.45) is 0.174. The Morgan fingerprint density at radius 3 is 2.27 bits per heavy atom. The summed E-state index contributed by atoms with van der Waals surface area (Å²) >= 11 is 3.40. The topological polar surface area (TPSA) is 38.7 Å². The number of aliphatic hydroxyl groups is 1. The van der Waals surface area contributed by atoms with Gasteiger partial charge in [-0.15, -0.1) is 0 Å². The molecule has 84 valence electrons. The molecular formula is C11H15BrO3. The highest BCUT2D eigenvalue weighted by Gasteiger charge is 2.14. The van der Waals surface area contributed by atoms with E-state index in [2.05, 4.69) is 15.9 Å². The van der Waals surface area contributed by atoms with E-state index in [-0.39, 0.29) is 0 Å². The minimum Gasteiger partial charge on any atom is -0.493 e. The van der Waals surface area contributed by atoms with Crippen molar-refractivity contribution in [2.75, 3.05) is 14.2 Å². The summed E-state index contributed by atoms with van der Waals surface area (Å²) in [7, 11) is 3.16. The van der Waals surface area contributed by atoms with Crippen molar-refractivity contribution in [2.45, 2.75) is 19.4 Å². The van der Waals surface area contributed by atoms with Crippen molar-refractivity contribution in [3.8, 4) is 11.5 Å². The fourth-order valence-electron chi connectivity index (χ4n) is 1.35. The second-order valence-electron chi connectivity index (χ2n) is 3.15. The van der Waals surface area contributed by atoms with E-state index in [4.69, 9.17) is 9.47 Å². The molecule has 0 aliphatic carbocycles. The maximum absolute atomic E-state index is 9.77. The Kier molecular flexibility index (Phi) is 4.42. The predicted octanol–water partition coefficient (Wildman–Crippen LogP) is 2.91. The molecule has 0 aliphatic rings. The number of hydrogen-bond acceptors (Lipinski definition) is 3. The van der Waals surface area contributed by atoms with Crippen molar-refractivity contribution in [2.24, 2.45) is 0 Å². The van der Waals surface area contributed by atoms with Crippen LogP contribution in [0.5, 0.6) is 11.5 Å². The summed E-state index contributed by atoms with van der Waals surface area (Å²) in [5, 5.41) is 9.77. The van der Waals surface area contributed by atoms with Crippen LogP contribution in [-0.4, -0.2) is 19.3 Å². The fourth-order valence-corrected chi connectivity index (χ4v) is 1.93. The monoisotopic (exact) mass is 274 g/mol. The second kappa shape index (κ2) is 5.37. The van der Waals surface area contributed by atoms with E-state index in [1.807, 2.05) is 6.92 Å². The molecule has 0 unspecified atom stereocenters. The van der Waals surface area contributed by atoms with Crippen LogP contribution >= 0.6 is 15.9 Å². The summed E-state index contributed by atoms with van der Waals surface area (Å²) < 4.78 is 11.1. The van der Waals surface area contributed by atoms with E-state index in [1.165, 1.54) is 0 Å². The summed E-state index contributed by atoms with van der Waals surface area (Å²) in [6.45, 7) is 1.92. The summed E-state index contributed by atoms with van der Waals surface area (Å²) in [5.74, 6) is 1.28. The molecule has 0 saturated carbocycles. The highest BCUT2D eigenvalue weighted by molar-refractivity contribution is 9.10. The fraction of sp³-hybridized carbons (Fsp3) is 0.455. The number of methoxy groups -OCH3 is 2. The van der Waals surface area contributed by atoms with Gasteiger partial charge in [-0.25, -0.2) is 0 Å². The number of benzene rings is 1. The lowest BCUT2D eigenvalue weighted by Gasteiger charge is -2.14. The molecule has 15 heavy (non-hydrogen) atoms. The molecule has 4 heteroatoms. The van der Waals surface area contributed by atoms with Gasteiger partial charge in [0, 0.05) is 4.47 Å². The van der Waals surface area contributed by atoms with E-state index in [0.717, 1.165) is 10.0 Å².